The van der Waals surface area contributed by atoms with Crippen LogP contribution in [0.15, 0.2) is 5.11 Å². The Labute approximate surface area is 303 Å². The number of nitrogens with zero attached hydrogens (tertiary/aromatic N) is 6. The average molecular weight is 725 g/mol. The van der Waals surface area contributed by atoms with Crippen LogP contribution in [0.3, 0.4) is 0 Å². The van der Waals surface area contributed by atoms with E-state index in [2.05, 4.69) is 20.7 Å². The van der Waals surface area contributed by atoms with Crippen LogP contribution in [0.5, 0.6) is 0 Å². The van der Waals surface area contributed by atoms with Crippen molar-refractivity contribution in [3.63, 3.8) is 0 Å². The summed E-state index contributed by atoms with van der Waals surface area (Å²) in [7, 11) is 8.11. The van der Waals surface area contributed by atoms with Crippen molar-refractivity contribution in [2.24, 2.45) is 28.8 Å². The van der Waals surface area contributed by atoms with Gasteiger partial charge in [0.2, 0.25) is 23.6 Å². The van der Waals surface area contributed by atoms with Gasteiger partial charge in [0, 0.05) is 32.7 Å². The second-order valence-corrected chi connectivity index (χ2v) is 14.7. The third-order valence-corrected chi connectivity index (χ3v) is 10.2. The van der Waals surface area contributed by atoms with Crippen molar-refractivity contribution in [1.29, 1.82) is 0 Å². The van der Waals surface area contributed by atoms with Crippen molar-refractivity contribution in [3.05, 3.63) is 10.4 Å². The Morgan fingerprint density at radius 3 is 1.98 bits per heavy atom. The molecule has 1 fully saturated rings. The average Bonchev–Trinajstić information content (AvgIpc) is 3.54. The fourth-order valence-corrected chi connectivity index (χ4v) is 7.23. The summed E-state index contributed by atoms with van der Waals surface area (Å²) in [6.45, 7) is 14.8. The molecule has 16 nitrogen and oxygen atoms in total. The molecule has 1 heterocycles. The maximum absolute atomic E-state index is 14.2. The lowest BCUT2D eigenvalue weighted by Gasteiger charge is -2.41. The van der Waals surface area contributed by atoms with E-state index >= 15 is 0 Å². The molecular weight excluding hydrogens is 660 g/mol. The first kappa shape index (κ1) is 45.6. The molecule has 1 rings (SSSR count). The van der Waals surface area contributed by atoms with Crippen molar-refractivity contribution in [2.45, 2.75) is 130 Å². The van der Waals surface area contributed by atoms with Crippen molar-refractivity contribution in [2.75, 3.05) is 41.9 Å². The lowest BCUT2D eigenvalue weighted by atomic mass is 9.89. The Morgan fingerprint density at radius 1 is 0.941 bits per heavy atom. The maximum atomic E-state index is 14.2. The SMILES string of the molecule is CCC(C)C(C(CC(=O)N1CCC[C@H]1C(OC)C(C)C(=O)NC(C(=O)O)C(C)C)OC)N(C)C(=O)C(NC(=O)C(C(C)C)N(C)C)C(C)N=[N+]=[N-]. The van der Waals surface area contributed by atoms with Gasteiger partial charge in [-0.1, -0.05) is 66.9 Å². The summed E-state index contributed by atoms with van der Waals surface area (Å²) in [5.74, 6) is -3.99. The molecule has 4 amide bonds. The highest BCUT2D eigenvalue weighted by Crippen LogP contribution is 2.30. The third-order valence-electron chi connectivity index (χ3n) is 10.2. The van der Waals surface area contributed by atoms with E-state index in [4.69, 9.17) is 9.47 Å². The summed E-state index contributed by atoms with van der Waals surface area (Å²) >= 11 is 0. The van der Waals surface area contributed by atoms with E-state index in [9.17, 15) is 34.6 Å². The van der Waals surface area contributed by atoms with E-state index in [0.717, 1.165) is 0 Å². The second-order valence-electron chi connectivity index (χ2n) is 14.7. The predicted molar refractivity (Wildman–Crippen MR) is 193 cm³/mol. The molecule has 1 aliphatic heterocycles. The number of azide groups is 1. The molecule has 0 spiro atoms. The molecule has 0 aromatic carbocycles. The smallest absolute Gasteiger partial charge is 0.326 e. The Morgan fingerprint density at radius 2 is 1.53 bits per heavy atom. The first-order chi connectivity index (χ1) is 23.8. The van der Waals surface area contributed by atoms with E-state index in [1.54, 1.807) is 58.6 Å². The molecule has 1 saturated heterocycles. The Kier molecular flexibility index (Phi) is 18.9. The molecule has 292 valence electrons. The summed E-state index contributed by atoms with van der Waals surface area (Å²) < 4.78 is 11.7. The van der Waals surface area contributed by atoms with Gasteiger partial charge in [-0.3, -0.25) is 24.1 Å². The highest BCUT2D eigenvalue weighted by molar-refractivity contribution is 5.90. The summed E-state index contributed by atoms with van der Waals surface area (Å²) in [6, 6.07) is -4.73. The van der Waals surface area contributed by atoms with Gasteiger partial charge in [-0.2, -0.15) is 0 Å². The lowest BCUT2D eigenvalue weighted by Crippen LogP contribution is -2.60. The van der Waals surface area contributed by atoms with Crippen LogP contribution in [0.1, 0.15) is 81.1 Å². The summed E-state index contributed by atoms with van der Waals surface area (Å²) in [6.07, 6.45) is 0.391. The lowest BCUT2D eigenvalue weighted by molar-refractivity contribution is -0.148. The molecule has 0 radical (unpaired) electrons. The molecule has 10 atom stereocenters. The van der Waals surface area contributed by atoms with Gasteiger partial charge in [0.1, 0.15) is 12.1 Å². The number of carboxylic acids is 1. The fourth-order valence-electron chi connectivity index (χ4n) is 7.23. The normalized spacial score (nSPS) is 20.0. The Hall–Kier alpha value is -3.46. The molecule has 9 unspecified atom stereocenters. The van der Waals surface area contributed by atoms with Gasteiger partial charge in [-0.25, -0.2) is 4.79 Å². The van der Waals surface area contributed by atoms with Crippen LogP contribution in [0.25, 0.3) is 10.4 Å². The highest BCUT2D eigenvalue weighted by atomic mass is 16.5. The number of likely N-dealkylation sites (N-methyl/N-ethyl adjacent to an activating group) is 2. The molecule has 0 aromatic rings. The molecule has 3 N–H and O–H groups in total. The van der Waals surface area contributed by atoms with E-state index in [1.807, 2.05) is 27.7 Å². The van der Waals surface area contributed by atoms with Crippen LogP contribution in [0, 0.1) is 23.7 Å². The van der Waals surface area contributed by atoms with Crippen LogP contribution in [0.4, 0.5) is 0 Å². The number of hydrogen-bond donors (Lipinski definition) is 3. The topological polar surface area (TPSA) is 207 Å². The number of hydrogen-bond acceptors (Lipinski definition) is 9. The van der Waals surface area contributed by atoms with Crippen molar-refractivity contribution in [3.8, 4) is 0 Å². The van der Waals surface area contributed by atoms with Gasteiger partial charge in [0.05, 0.1) is 48.7 Å². The van der Waals surface area contributed by atoms with Crippen LogP contribution >= 0.6 is 0 Å². The zero-order chi connectivity index (χ0) is 39.3. The summed E-state index contributed by atoms with van der Waals surface area (Å²) in [5, 5.41) is 18.8. The monoisotopic (exact) mass is 724 g/mol. The van der Waals surface area contributed by atoms with E-state index in [0.29, 0.717) is 25.8 Å². The number of carbonyl (C=O) groups is 5. The maximum Gasteiger partial charge on any atom is 0.326 e. The number of likely N-dealkylation sites (tertiary alicyclic amines) is 1. The van der Waals surface area contributed by atoms with Gasteiger partial charge in [-0.05, 0) is 50.2 Å². The number of rotatable bonds is 21. The minimum atomic E-state index is -1.17. The first-order valence-corrected chi connectivity index (χ1v) is 18.0. The summed E-state index contributed by atoms with van der Waals surface area (Å²) in [4.78, 5) is 74.5. The van der Waals surface area contributed by atoms with Gasteiger partial charge in [0.25, 0.3) is 0 Å². The van der Waals surface area contributed by atoms with Gasteiger partial charge in [0.15, 0.2) is 0 Å². The quantitative estimate of drug-likeness (QED) is 0.0903. The largest absolute Gasteiger partial charge is 0.480 e. The number of aliphatic carboxylic acids is 1. The number of carboxylic acid groups (broad SMARTS) is 1. The van der Waals surface area contributed by atoms with Crippen LogP contribution in [0.2, 0.25) is 0 Å². The van der Waals surface area contributed by atoms with Gasteiger partial charge >= 0.3 is 5.97 Å². The number of nitrogens with one attached hydrogen (secondary N) is 2. The van der Waals surface area contributed by atoms with Crippen LogP contribution in [-0.2, 0) is 33.4 Å². The van der Waals surface area contributed by atoms with Gasteiger partial charge in [-0.15, -0.1) is 0 Å². The molecule has 0 bridgehead atoms. The standard InChI is InChI=1S/C35H64N8O8/c1-14-21(6)30(42(11)34(47)28(23(8)39-40-36)38-33(46)29(20(4)5)41(9)10)25(50-12)18-26(44)43-17-15-16-24(43)31(51-13)22(7)32(45)37-27(19(2)3)35(48)49/h19-25,27-31H,14-18H2,1-13H3,(H,37,45)(H,38,46)(H,48,49)/t21?,22?,23?,24-,25?,27?,28?,29?,30?,31?/m0/s1. The molecular formula is C35H64N8O8. The minimum absolute atomic E-state index is 0.0637. The van der Waals surface area contributed by atoms with Crippen LogP contribution in [-0.4, -0.2) is 140 Å². The zero-order valence-corrected chi connectivity index (χ0v) is 33.0. The molecule has 16 heteroatoms. The van der Waals surface area contributed by atoms with E-state index in [1.165, 1.54) is 19.1 Å². The molecule has 0 saturated carbocycles. The second kappa shape index (κ2) is 21.2. The number of ether oxygens (including phenoxy) is 2. The van der Waals surface area contributed by atoms with E-state index in [-0.39, 0.29) is 36.0 Å². The third kappa shape index (κ3) is 12.0. The molecule has 1 aliphatic rings. The molecule has 0 aliphatic carbocycles. The molecule has 51 heavy (non-hydrogen) atoms. The highest BCUT2D eigenvalue weighted by Gasteiger charge is 2.43. The van der Waals surface area contributed by atoms with Crippen LogP contribution < -0.4 is 10.6 Å². The number of carbonyl (C=O) groups excluding carboxylic acids is 4. The Bertz CT molecular complexity index is 1220. The first-order valence-electron chi connectivity index (χ1n) is 18.0. The molecule has 0 aromatic heterocycles. The van der Waals surface area contributed by atoms with Crippen molar-refractivity contribution in [1.82, 2.24) is 25.3 Å². The van der Waals surface area contributed by atoms with Crippen molar-refractivity contribution >= 4 is 29.6 Å². The zero-order valence-electron chi connectivity index (χ0n) is 33.0. The van der Waals surface area contributed by atoms with Gasteiger partial charge < -0.3 is 35.0 Å². The fraction of sp³-hybridized carbons (Fsp3) is 0.857. The predicted octanol–water partition coefficient (Wildman–Crippen LogP) is 2.90. The van der Waals surface area contributed by atoms with Crippen molar-refractivity contribution < 1.29 is 38.6 Å². The van der Waals surface area contributed by atoms with E-state index < -0.39 is 72.2 Å². The number of methoxy groups -OCH3 is 2. The Balaban J connectivity index is 3.38. The number of amides is 4. The minimum Gasteiger partial charge on any atom is -0.480 e. The summed E-state index contributed by atoms with van der Waals surface area (Å²) in [5.41, 5.74) is 9.21.